The summed E-state index contributed by atoms with van der Waals surface area (Å²) in [6.07, 6.45) is 1.76. The molecule has 0 aliphatic carbocycles. The minimum Gasteiger partial charge on any atom is -0.336 e. The fourth-order valence-corrected chi connectivity index (χ4v) is 2.69. The quantitative estimate of drug-likeness (QED) is 0.751. The molecule has 1 aromatic carbocycles. The van der Waals surface area contributed by atoms with Gasteiger partial charge in [0.15, 0.2) is 5.65 Å². The molecule has 3 aromatic rings. The lowest BCUT2D eigenvalue weighted by atomic mass is 10.1. The number of imidazole rings is 1. The highest BCUT2D eigenvalue weighted by Crippen LogP contribution is 2.23. The third-order valence-corrected chi connectivity index (χ3v) is 3.85. The molecule has 0 spiro atoms. The van der Waals surface area contributed by atoms with Crippen molar-refractivity contribution >= 4 is 17.2 Å². The Balaban J connectivity index is 1.86. The maximum atomic E-state index is 11.8. The number of carbonyl (C=O) groups excluding carboxylic acids is 1. The van der Waals surface area contributed by atoms with Gasteiger partial charge in [-0.25, -0.2) is 14.8 Å². The fraction of sp³-hybridized carbons (Fsp3) is 0.316. The van der Waals surface area contributed by atoms with E-state index in [4.69, 9.17) is 4.98 Å². The number of carbonyl (C=O) groups is 1. The van der Waals surface area contributed by atoms with E-state index in [-0.39, 0.29) is 12.1 Å². The van der Waals surface area contributed by atoms with Crippen LogP contribution in [0, 0.1) is 6.92 Å². The molecule has 0 aliphatic heterocycles. The fourth-order valence-electron chi connectivity index (χ4n) is 2.69. The molecule has 0 fully saturated rings. The number of benzene rings is 1. The van der Waals surface area contributed by atoms with Crippen LogP contribution < -0.4 is 10.6 Å². The maximum Gasteiger partial charge on any atom is 0.315 e. The summed E-state index contributed by atoms with van der Waals surface area (Å²) >= 11 is 0. The van der Waals surface area contributed by atoms with E-state index in [0.29, 0.717) is 13.1 Å². The smallest absolute Gasteiger partial charge is 0.315 e. The SMILES string of the molecule is Cc1ccc(-c2nc3cccnc3n2CCNC(=O)NC(C)C)cc1. The van der Waals surface area contributed by atoms with Crippen LogP contribution in [0.1, 0.15) is 19.4 Å². The van der Waals surface area contributed by atoms with Gasteiger partial charge in [-0.3, -0.25) is 0 Å². The predicted molar refractivity (Wildman–Crippen MR) is 99.4 cm³/mol. The molecule has 0 saturated heterocycles. The minimum atomic E-state index is -0.163. The monoisotopic (exact) mass is 337 g/mol. The van der Waals surface area contributed by atoms with Gasteiger partial charge in [-0.15, -0.1) is 0 Å². The van der Waals surface area contributed by atoms with Crippen LogP contribution in [0.25, 0.3) is 22.6 Å². The zero-order chi connectivity index (χ0) is 17.8. The Labute approximate surface area is 147 Å². The highest BCUT2D eigenvalue weighted by Gasteiger charge is 2.13. The van der Waals surface area contributed by atoms with Crippen molar-refractivity contribution in [2.45, 2.75) is 33.4 Å². The number of fused-ring (bicyclic) bond motifs is 1. The van der Waals surface area contributed by atoms with E-state index in [9.17, 15) is 4.79 Å². The molecule has 3 rings (SSSR count). The Morgan fingerprint density at radius 3 is 2.68 bits per heavy atom. The summed E-state index contributed by atoms with van der Waals surface area (Å²) < 4.78 is 2.05. The van der Waals surface area contributed by atoms with Crippen LogP contribution in [0.2, 0.25) is 0 Å². The Morgan fingerprint density at radius 1 is 1.20 bits per heavy atom. The third kappa shape index (κ3) is 3.96. The van der Waals surface area contributed by atoms with Crippen LogP contribution in [0.15, 0.2) is 42.6 Å². The molecule has 2 aromatic heterocycles. The number of pyridine rings is 1. The molecule has 0 atom stereocenters. The second-order valence-corrected chi connectivity index (χ2v) is 6.35. The van der Waals surface area contributed by atoms with Gasteiger partial charge in [-0.1, -0.05) is 29.8 Å². The van der Waals surface area contributed by atoms with Crippen molar-refractivity contribution in [2.24, 2.45) is 0 Å². The highest BCUT2D eigenvalue weighted by atomic mass is 16.2. The van der Waals surface area contributed by atoms with Gasteiger partial charge in [0.1, 0.15) is 11.3 Å². The number of aryl methyl sites for hydroxylation is 1. The van der Waals surface area contributed by atoms with Crippen LogP contribution >= 0.6 is 0 Å². The molecule has 0 saturated carbocycles. The van der Waals surface area contributed by atoms with Crippen LogP contribution in [0.5, 0.6) is 0 Å². The van der Waals surface area contributed by atoms with Gasteiger partial charge in [0.05, 0.1) is 0 Å². The summed E-state index contributed by atoms with van der Waals surface area (Å²) in [4.78, 5) is 21.0. The summed E-state index contributed by atoms with van der Waals surface area (Å²) in [7, 11) is 0. The molecule has 130 valence electrons. The molecule has 0 aliphatic rings. The number of nitrogens with one attached hydrogen (secondary N) is 2. The first-order valence-corrected chi connectivity index (χ1v) is 8.47. The van der Waals surface area contributed by atoms with Gasteiger partial charge in [0.2, 0.25) is 0 Å². The van der Waals surface area contributed by atoms with E-state index >= 15 is 0 Å². The predicted octanol–water partition coefficient (Wildman–Crippen LogP) is 3.11. The Bertz CT molecular complexity index is 867. The van der Waals surface area contributed by atoms with E-state index in [0.717, 1.165) is 22.6 Å². The van der Waals surface area contributed by atoms with E-state index in [1.807, 2.05) is 26.0 Å². The van der Waals surface area contributed by atoms with E-state index in [1.54, 1.807) is 6.20 Å². The molecular weight excluding hydrogens is 314 g/mol. The van der Waals surface area contributed by atoms with Crippen LogP contribution in [-0.4, -0.2) is 33.2 Å². The van der Waals surface area contributed by atoms with Crippen LogP contribution in [-0.2, 0) is 6.54 Å². The van der Waals surface area contributed by atoms with Gasteiger partial charge < -0.3 is 15.2 Å². The van der Waals surface area contributed by atoms with E-state index in [1.165, 1.54) is 5.56 Å². The maximum absolute atomic E-state index is 11.8. The highest BCUT2D eigenvalue weighted by molar-refractivity contribution is 5.77. The standard InChI is InChI=1S/C19H23N5O/c1-13(2)22-19(25)21-11-12-24-17(15-8-6-14(3)7-9-15)23-16-5-4-10-20-18(16)24/h4-10,13H,11-12H2,1-3H3,(H2,21,22,25). The second kappa shape index (κ2) is 7.34. The lowest BCUT2D eigenvalue weighted by Crippen LogP contribution is -2.40. The Morgan fingerprint density at radius 2 is 1.96 bits per heavy atom. The van der Waals surface area contributed by atoms with Crippen molar-refractivity contribution in [3.8, 4) is 11.4 Å². The number of aromatic nitrogens is 3. The van der Waals surface area contributed by atoms with E-state index < -0.39 is 0 Å². The zero-order valence-corrected chi connectivity index (χ0v) is 14.8. The van der Waals surface area contributed by atoms with Crippen LogP contribution in [0.3, 0.4) is 0 Å². The summed E-state index contributed by atoms with van der Waals surface area (Å²) in [5.74, 6) is 0.861. The van der Waals surface area contributed by atoms with Gasteiger partial charge in [-0.05, 0) is 32.9 Å². The molecule has 0 unspecified atom stereocenters. The molecule has 2 heterocycles. The zero-order valence-electron chi connectivity index (χ0n) is 14.8. The number of urea groups is 1. The topological polar surface area (TPSA) is 71.8 Å². The summed E-state index contributed by atoms with van der Waals surface area (Å²) in [6.45, 7) is 7.03. The number of amides is 2. The van der Waals surface area contributed by atoms with Gasteiger partial charge in [-0.2, -0.15) is 0 Å². The van der Waals surface area contributed by atoms with Crippen molar-refractivity contribution in [1.82, 2.24) is 25.2 Å². The normalized spacial score (nSPS) is 11.0. The lowest BCUT2D eigenvalue weighted by Gasteiger charge is -2.12. The van der Waals surface area contributed by atoms with Crippen molar-refractivity contribution < 1.29 is 4.79 Å². The van der Waals surface area contributed by atoms with Crippen molar-refractivity contribution in [2.75, 3.05) is 6.54 Å². The second-order valence-electron chi connectivity index (χ2n) is 6.35. The van der Waals surface area contributed by atoms with Crippen molar-refractivity contribution in [1.29, 1.82) is 0 Å². The molecular formula is C19H23N5O. The molecule has 6 heteroatoms. The molecule has 0 bridgehead atoms. The number of rotatable bonds is 5. The molecule has 25 heavy (non-hydrogen) atoms. The first-order chi connectivity index (χ1) is 12.0. The van der Waals surface area contributed by atoms with E-state index in [2.05, 4.69) is 51.4 Å². The van der Waals surface area contributed by atoms with Crippen molar-refractivity contribution in [3.63, 3.8) is 0 Å². The Kier molecular flexibility index (Phi) is 4.97. The third-order valence-electron chi connectivity index (χ3n) is 3.85. The molecule has 6 nitrogen and oxygen atoms in total. The number of hydrogen-bond acceptors (Lipinski definition) is 3. The number of nitrogens with zero attached hydrogens (tertiary/aromatic N) is 3. The van der Waals surface area contributed by atoms with Gasteiger partial charge >= 0.3 is 6.03 Å². The first kappa shape index (κ1) is 17.0. The molecule has 0 radical (unpaired) electrons. The first-order valence-electron chi connectivity index (χ1n) is 8.47. The summed E-state index contributed by atoms with van der Waals surface area (Å²) in [5, 5.41) is 5.70. The van der Waals surface area contributed by atoms with Crippen molar-refractivity contribution in [3.05, 3.63) is 48.2 Å². The van der Waals surface area contributed by atoms with Gasteiger partial charge in [0, 0.05) is 30.9 Å². The van der Waals surface area contributed by atoms with Gasteiger partial charge in [0.25, 0.3) is 0 Å². The number of hydrogen-bond donors (Lipinski definition) is 2. The average molecular weight is 337 g/mol. The average Bonchev–Trinajstić information content (AvgIpc) is 2.94. The summed E-state index contributed by atoms with van der Waals surface area (Å²) in [6, 6.07) is 12.0. The minimum absolute atomic E-state index is 0.110. The molecule has 2 N–H and O–H groups in total. The summed E-state index contributed by atoms with van der Waals surface area (Å²) in [5.41, 5.74) is 3.92. The lowest BCUT2D eigenvalue weighted by molar-refractivity contribution is 0.238. The molecule has 2 amide bonds. The largest absolute Gasteiger partial charge is 0.336 e. The Hall–Kier alpha value is -2.89. The van der Waals surface area contributed by atoms with Crippen LogP contribution in [0.4, 0.5) is 4.79 Å².